The van der Waals surface area contributed by atoms with Gasteiger partial charge in [-0.1, -0.05) is 20.8 Å². The molecule has 5 nitrogen and oxygen atoms in total. The summed E-state index contributed by atoms with van der Waals surface area (Å²) in [5, 5.41) is 0. The van der Waals surface area contributed by atoms with Gasteiger partial charge in [0, 0.05) is 19.5 Å². The highest BCUT2D eigenvalue weighted by atomic mass is 16.2. The number of anilines is 1. The summed E-state index contributed by atoms with van der Waals surface area (Å²) in [5.41, 5.74) is 6.51. The van der Waals surface area contributed by atoms with Crippen molar-refractivity contribution in [3.63, 3.8) is 0 Å². The van der Waals surface area contributed by atoms with E-state index in [1.807, 2.05) is 20.9 Å². The quantitative estimate of drug-likeness (QED) is 0.899. The van der Waals surface area contributed by atoms with Gasteiger partial charge in [0.05, 0.1) is 11.9 Å². The molecule has 0 aliphatic heterocycles. The van der Waals surface area contributed by atoms with Crippen molar-refractivity contribution in [2.45, 2.75) is 33.1 Å². The van der Waals surface area contributed by atoms with Crippen molar-refractivity contribution in [1.82, 2.24) is 14.9 Å². The Morgan fingerprint density at radius 3 is 2.74 bits per heavy atom. The number of aromatic nitrogens is 2. The molecule has 1 heterocycles. The molecule has 0 saturated heterocycles. The van der Waals surface area contributed by atoms with Crippen molar-refractivity contribution in [2.75, 3.05) is 19.3 Å². The summed E-state index contributed by atoms with van der Waals surface area (Å²) in [6.45, 7) is 6.98. The molecule has 0 bridgehead atoms. The lowest BCUT2D eigenvalue weighted by Crippen LogP contribution is -2.31. The predicted octanol–water partition coefficient (Wildman–Crippen LogP) is 1.91. The van der Waals surface area contributed by atoms with Crippen LogP contribution in [0.5, 0.6) is 0 Å². The minimum Gasteiger partial charge on any atom is -0.396 e. The van der Waals surface area contributed by atoms with Gasteiger partial charge in [0.15, 0.2) is 5.69 Å². The van der Waals surface area contributed by atoms with Crippen LogP contribution in [-0.2, 0) is 0 Å². The van der Waals surface area contributed by atoms with Gasteiger partial charge in [0.2, 0.25) is 0 Å². The normalized spacial score (nSPS) is 21.5. The van der Waals surface area contributed by atoms with Crippen LogP contribution in [0.1, 0.15) is 49.4 Å². The Labute approximate surface area is 114 Å². The Hall–Kier alpha value is -1.65. The molecule has 1 aliphatic rings. The van der Waals surface area contributed by atoms with Crippen molar-refractivity contribution in [1.29, 1.82) is 0 Å². The van der Waals surface area contributed by atoms with Crippen molar-refractivity contribution < 1.29 is 4.79 Å². The highest BCUT2D eigenvalue weighted by Gasteiger charge is 2.34. The fourth-order valence-electron chi connectivity index (χ4n) is 2.12. The van der Waals surface area contributed by atoms with Crippen LogP contribution < -0.4 is 5.73 Å². The molecule has 0 spiro atoms. The molecule has 2 unspecified atom stereocenters. The van der Waals surface area contributed by atoms with Gasteiger partial charge in [-0.3, -0.25) is 4.79 Å². The second-order valence-corrected chi connectivity index (χ2v) is 5.85. The minimum absolute atomic E-state index is 0.110. The fraction of sp³-hybridized carbons (Fsp3) is 0.643. The number of hydrogen-bond donors (Lipinski definition) is 1. The Balaban J connectivity index is 2.15. The molecule has 1 amide bonds. The molecule has 0 radical (unpaired) electrons. The zero-order chi connectivity index (χ0) is 14.2. The lowest BCUT2D eigenvalue weighted by atomic mass is 10.2. The smallest absolute Gasteiger partial charge is 0.274 e. The Bertz CT molecular complexity index is 486. The monoisotopic (exact) mass is 262 g/mol. The molecule has 104 valence electrons. The summed E-state index contributed by atoms with van der Waals surface area (Å²) in [5.74, 6) is 2.08. The maximum Gasteiger partial charge on any atom is 0.274 e. The molecule has 1 aliphatic carbocycles. The van der Waals surface area contributed by atoms with E-state index in [1.54, 1.807) is 4.90 Å². The molecule has 1 aromatic rings. The number of nitrogens with zero attached hydrogens (tertiary/aromatic N) is 3. The average molecular weight is 262 g/mol. The molecule has 1 aromatic heterocycles. The third-order valence-electron chi connectivity index (χ3n) is 3.69. The molecule has 19 heavy (non-hydrogen) atoms. The third-order valence-corrected chi connectivity index (χ3v) is 3.69. The second kappa shape index (κ2) is 5.15. The second-order valence-electron chi connectivity index (χ2n) is 5.85. The van der Waals surface area contributed by atoms with E-state index in [-0.39, 0.29) is 11.8 Å². The van der Waals surface area contributed by atoms with Gasteiger partial charge >= 0.3 is 0 Å². The molecular formula is C14H22N4O. The van der Waals surface area contributed by atoms with Crippen LogP contribution in [0.4, 0.5) is 5.69 Å². The van der Waals surface area contributed by atoms with Crippen LogP contribution in [0.3, 0.4) is 0 Å². The first kappa shape index (κ1) is 13.8. The molecule has 0 aromatic carbocycles. The largest absolute Gasteiger partial charge is 0.396 e. The van der Waals surface area contributed by atoms with Gasteiger partial charge in [-0.25, -0.2) is 9.97 Å². The van der Waals surface area contributed by atoms with Crippen LogP contribution in [0.2, 0.25) is 0 Å². The zero-order valence-electron chi connectivity index (χ0n) is 12.1. The maximum atomic E-state index is 12.4. The first-order valence-electron chi connectivity index (χ1n) is 6.78. The van der Waals surface area contributed by atoms with Crippen LogP contribution in [0.15, 0.2) is 6.20 Å². The fourth-order valence-corrected chi connectivity index (χ4v) is 2.12. The van der Waals surface area contributed by atoms with Crippen LogP contribution in [0.25, 0.3) is 0 Å². The summed E-state index contributed by atoms with van der Waals surface area (Å²) in [7, 11) is 1.81. The number of amides is 1. The molecular weight excluding hydrogens is 240 g/mol. The Kier molecular flexibility index (Phi) is 3.73. The lowest BCUT2D eigenvalue weighted by molar-refractivity contribution is 0.0782. The first-order chi connectivity index (χ1) is 8.90. The van der Waals surface area contributed by atoms with E-state index in [1.165, 1.54) is 12.6 Å². The number of nitrogen functional groups attached to an aromatic ring is 1. The molecule has 2 atom stereocenters. The summed E-state index contributed by atoms with van der Waals surface area (Å²) < 4.78 is 0. The maximum absolute atomic E-state index is 12.4. The molecule has 2 rings (SSSR count). The predicted molar refractivity (Wildman–Crippen MR) is 74.8 cm³/mol. The van der Waals surface area contributed by atoms with Gasteiger partial charge in [0.1, 0.15) is 5.82 Å². The number of nitrogens with two attached hydrogens (primary N) is 1. The van der Waals surface area contributed by atoms with Crippen molar-refractivity contribution in [3.05, 3.63) is 17.7 Å². The Morgan fingerprint density at radius 1 is 1.58 bits per heavy atom. The zero-order valence-corrected chi connectivity index (χ0v) is 12.1. The number of hydrogen-bond acceptors (Lipinski definition) is 4. The number of carbonyl (C=O) groups is 1. The standard InChI is InChI=1S/C14H22N4O/c1-8(2)13-16-6-11(15)12(17-13)14(19)18(4)7-10-5-9(10)3/h6,8-10H,5,7,15H2,1-4H3. The van der Waals surface area contributed by atoms with E-state index in [4.69, 9.17) is 5.73 Å². The summed E-state index contributed by atoms with van der Waals surface area (Å²) in [6, 6.07) is 0. The Morgan fingerprint density at radius 2 is 2.21 bits per heavy atom. The highest BCUT2D eigenvalue weighted by molar-refractivity contribution is 5.96. The SMILES string of the molecule is CC(C)c1ncc(N)c(C(=O)N(C)CC2CC2C)n1. The first-order valence-corrected chi connectivity index (χ1v) is 6.78. The van der Waals surface area contributed by atoms with Crippen molar-refractivity contribution in [2.24, 2.45) is 11.8 Å². The van der Waals surface area contributed by atoms with Crippen LogP contribution in [-0.4, -0.2) is 34.4 Å². The van der Waals surface area contributed by atoms with Gasteiger partial charge in [0.25, 0.3) is 5.91 Å². The molecule has 1 fully saturated rings. The van der Waals surface area contributed by atoms with Gasteiger partial charge in [-0.05, 0) is 18.3 Å². The molecule has 1 saturated carbocycles. The van der Waals surface area contributed by atoms with E-state index < -0.39 is 0 Å². The van der Waals surface area contributed by atoms with Crippen LogP contribution >= 0.6 is 0 Å². The van der Waals surface area contributed by atoms with Crippen molar-refractivity contribution >= 4 is 11.6 Å². The summed E-state index contributed by atoms with van der Waals surface area (Å²) >= 11 is 0. The highest BCUT2D eigenvalue weighted by Crippen LogP contribution is 2.38. The van der Waals surface area contributed by atoms with Gasteiger partial charge < -0.3 is 10.6 Å². The van der Waals surface area contributed by atoms with E-state index in [9.17, 15) is 4.79 Å². The average Bonchev–Trinajstić information content (AvgIpc) is 3.04. The van der Waals surface area contributed by atoms with Crippen LogP contribution in [0, 0.1) is 11.8 Å². The number of carbonyl (C=O) groups excluding carboxylic acids is 1. The van der Waals surface area contributed by atoms with E-state index in [0.717, 1.165) is 12.5 Å². The minimum atomic E-state index is -0.110. The lowest BCUT2D eigenvalue weighted by Gasteiger charge is -2.18. The van der Waals surface area contributed by atoms with E-state index >= 15 is 0 Å². The van der Waals surface area contributed by atoms with Gasteiger partial charge in [-0.15, -0.1) is 0 Å². The van der Waals surface area contributed by atoms with Gasteiger partial charge in [-0.2, -0.15) is 0 Å². The third kappa shape index (κ3) is 3.03. The summed E-state index contributed by atoms with van der Waals surface area (Å²) in [6.07, 6.45) is 2.73. The van der Waals surface area contributed by atoms with Crippen molar-refractivity contribution in [3.8, 4) is 0 Å². The molecule has 2 N–H and O–H groups in total. The topological polar surface area (TPSA) is 72.1 Å². The van der Waals surface area contributed by atoms with E-state index in [2.05, 4.69) is 16.9 Å². The summed E-state index contributed by atoms with van der Waals surface area (Å²) in [4.78, 5) is 22.6. The number of rotatable bonds is 4. The van der Waals surface area contributed by atoms with E-state index in [0.29, 0.717) is 23.1 Å². The molecule has 5 heteroatoms.